The van der Waals surface area contributed by atoms with E-state index in [0.717, 1.165) is 6.26 Å². The molecule has 25 heavy (non-hydrogen) atoms. The van der Waals surface area contributed by atoms with Crippen LogP contribution in [-0.4, -0.2) is 37.4 Å². The summed E-state index contributed by atoms with van der Waals surface area (Å²) < 4.78 is 33.5. The first-order valence-electron chi connectivity index (χ1n) is 7.26. The molecule has 2 rings (SSSR count). The van der Waals surface area contributed by atoms with Gasteiger partial charge in [-0.2, -0.15) is 8.42 Å². The molecule has 0 saturated heterocycles. The molecule has 0 unspecified atom stereocenters. The molecule has 2 aromatic carbocycles. The first-order valence-corrected chi connectivity index (χ1v) is 9.07. The summed E-state index contributed by atoms with van der Waals surface area (Å²) in [5, 5.41) is 20.7. The summed E-state index contributed by atoms with van der Waals surface area (Å²) in [6.45, 7) is -0.659. The molecule has 8 nitrogen and oxygen atoms in total. The summed E-state index contributed by atoms with van der Waals surface area (Å²) in [6.07, 6.45) is -1.48. The maximum absolute atomic E-state index is 11.5. The monoisotopic (exact) mass is 367 g/mol. The van der Waals surface area contributed by atoms with Crippen LogP contribution in [0.1, 0.15) is 11.7 Å². The number of ether oxygens (including phenoxy) is 1. The van der Waals surface area contributed by atoms with Gasteiger partial charge in [0.15, 0.2) is 11.9 Å². The number of hydrogen-bond donors (Lipinski definition) is 1. The van der Waals surface area contributed by atoms with Gasteiger partial charge in [-0.3, -0.25) is 14.3 Å². The van der Waals surface area contributed by atoms with Crippen molar-refractivity contribution in [3.63, 3.8) is 0 Å². The molecule has 0 aliphatic carbocycles. The molecule has 0 aliphatic heterocycles. The van der Waals surface area contributed by atoms with Crippen molar-refractivity contribution in [1.29, 1.82) is 0 Å². The Morgan fingerprint density at radius 2 is 1.72 bits per heavy atom. The number of nitrogens with zero attached hydrogens (tertiary/aromatic N) is 1. The first-order chi connectivity index (χ1) is 11.8. The smallest absolute Gasteiger partial charge is 0.310 e. The average molecular weight is 367 g/mol. The Morgan fingerprint density at radius 1 is 1.12 bits per heavy atom. The highest BCUT2D eigenvalue weighted by Gasteiger charge is 2.30. The van der Waals surface area contributed by atoms with Crippen LogP contribution in [0.5, 0.6) is 5.75 Å². The predicted octanol–water partition coefficient (Wildman–Crippen LogP) is 2.05. The maximum Gasteiger partial charge on any atom is 0.310 e. The van der Waals surface area contributed by atoms with E-state index in [9.17, 15) is 23.6 Å². The fourth-order valence-electron chi connectivity index (χ4n) is 2.25. The fourth-order valence-corrected chi connectivity index (χ4v) is 2.86. The number of para-hydroxylation sites is 2. The molecular formula is C16H17NO7S. The molecule has 9 heteroatoms. The quantitative estimate of drug-likeness (QED) is 0.431. The van der Waals surface area contributed by atoms with Gasteiger partial charge >= 0.3 is 5.69 Å². The molecule has 0 amide bonds. The van der Waals surface area contributed by atoms with Crippen molar-refractivity contribution in [2.75, 3.05) is 12.9 Å². The summed E-state index contributed by atoms with van der Waals surface area (Å²) >= 11 is 0. The standard InChI is InChI=1S/C16H17NO7S/c1-25(21,22)24-15(11-18)16(12-7-3-2-4-8-12)23-14-10-6-5-9-13(14)17(19)20/h2-10,15-16,18H,11H2,1H3/t15-,16+/m0/s1. The molecule has 0 radical (unpaired) electrons. The summed E-state index contributed by atoms with van der Waals surface area (Å²) in [5.41, 5.74) is 0.225. The highest BCUT2D eigenvalue weighted by Crippen LogP contribution is 2.33. The Labute approximate surface area is 144 Å². The van der Waals surface area contributed by atoms with Gasteiger partial charge in [0.25, 0.3) is 10.1 Å². The molecular weight excluding hydrogens is 350 g/mol. The van der Waals surface area contributed by atoms with E-state index in [-0.39, 0.29) is 11.4 Å². The minimum Gasteiger partial charge on any atom is -0.476 e. The van der Waals surface area contributed by atoms with Crippen LogP contribution in [0, 0.1) is 10.1 Å². The third-order valence-corrected chi connectivity index (χ3v) is 3.86. The lowest BCUT2D eigenvalue weighted by Crippen LogP contribution is -2.32. The van der Waals surface area contributed by atoms with Crippen molar-refractivity contribution in [1.82, 2.24) is 0 Å². The van der Waals surface area contributed by atoms with E-state index in [0.29, 0.717) is 5.56 Å². The lowest BCUT2D eigenvalue weighted by Gasteiger charge is -2.26. The van der Waals surface area contributed by atoms with Gasteiger partial charge in [0.1, 0.15) is 6.10 Å². The van der Waals surface area contributed by atoms with E-state index in [2.05, 4.69) is 0 Å². The normalized spacial score (nSPS) is 13.8. The molecule has 1 N–H and O–H groups in total. The molecule has 0 saturated carbocycles. The van der Waals surface area contributed by atoms with Crippen molar-refractivity contribution in [2.45, 2.75) is 12.2 Å². The lowest BCUT2D eigenvalue weighted by molar-refractivity contribution is -0.386. The van der Waals surface area contributed by atoms with Crippen LogP contribution in [0.4, 0.5) is 5.69 Å². The van der Waals surface area contributed by atoms with Gasteiger partial charge < -0.3 is 9.84 Å². The van der Waals surface area contributed by atoms with Crippen molar-refractivity contribution < 1.29 is 27.4 Å². The van der Waals surface area contributed by atoms with Gasteiger partial charge in [-0.25, -0.2) is 0 Å². The number of aliphatic hydroxyl groups excluding tert-OH is 1. The first kappa shape index (κ1) is 18.8. The van der Waals surface area contributed by atoms with Gasteiger partial charge in [0.2, 0.25) is 0 Å². The molecule has 0 aliphatic rings. The van der Waals surface area contributed by atoms with Crippen LogP contribution < -0.4 is 4.74 Å². The third-order valence-electron chi connectivity index (χ3n) is 3.26. The SMILES string of the molecule is CS(=O)(=O)O[C@@H](CO)[C@H](Oc1ccccc1[N+](=O)[O-])c1ccccc1. The largest absolute Gasteiger partial charge is 0.476 e. The van der Waals surface area contributed by atoms with Crippen molar-refractivity contribution >= 4 is 15.8 Å². The molecule has 0 spiro atoms. The molecule has 0 aromatic heterocycles. The Bertz CT molecular complexity index is 823. The van der Waals surface area contributed by atoms with Crippen LogP contribution in [0.2, 0.25) is 0 Å². The zero-order chi connectivity index (χ0) is 18.4. The van der Waals surface area contributed by atoms with Gasteiger partial charge in [0, 0.05) is 6.07 Å². The molecule has 0 fully saturated rings. The highest BCUT2D eigenvalue weighted by molar-refractivity contribution is 7.86. The van der Waals surface area contributed by atoms with Crippen molar-refractivity contribution in [2.24, 2.45) is 0 Å². The molecule has 2 aromatic rings. The van der Waals surface area contributed by atoms with Crippen LogP contribution >= 0.6 is 0 Å². The minimum atomic E-state index is -3.88. The van der Waals surface area contributed by atoms with E-state index in [1.807, 2.05) is 0 Å². The number of hydrogen-bond acceptors (Lipinski definition) is 7. The molecule has 134 valence electrons. The Kier molecular flexibility index (Phi) is 6.07. The van der Waals surface area contributed by atoms with Crippen LogP contribution in [0.3, 0.4) is 0 Å². The van der Waals surface area contributed by atoms with Crippen LogP contribution in [-0.2, 0) is 14.3 Å². The number of benzene rings is 2. The van der Waals surface area contributed by atoms with E-state index in [1.165, 1.54) is 18.2 Å². The highest BCUT2D eigenvalue weighted by atomic mass is 32.2. The van der Waals surface area contributed by atoms with Crippen molar-refractivity contribution in [3.8, 4) is 5.75 Å². The second kappa shape index (κ2) is 8.06. The zero-order valence-electron chi connectivity index (χ0n) is 13.3. The minimum absolute atomic E-state index is 0.0584. The maximum atomic E-state index is 11.5. The zero-order valence-corrected chi connectivity index (χ0v) is 14.1. The van der Waals surface area contributed by atoms with E-state index in [4.69, 9.17) is 8.92 Å². The predicted molar refractivity (Wildman–Crippen MR) is 89.7 cm³/mol. The Balaban J connectivity index is 2.44. The second-order valence-corrected chi connectivity index (χ2v) is 6.80. The van der Waals surface area contributed by atoms with Gasteiger partial charge in [-0.1, -0.05) is 42.5 Å². The van der Waals surface area contributed by atoms with E-state index < -0.39 is 33.9 Å². The summed E-state index contributed by atoms with van der Waals surface area (Å²) in [7, 11) is -3.88. The Hall–Kier alpha value is -2.49. The fraction of sp³-hybridized carbons (Fsp3) is 0.250. The average Bonchev–Trinajstić information content (AvgIpc) is 2.58. The summed E-state index contributed by atoms with van der Waals surface area (Å²) in [4.78, 5) is 10.5. The van der Waals surface area contributed by atoms with Crippen molar-refractivity contribution in [3.05, 3.63) is 70.3 Å². The van der Waals surface area contributed by atoms with E-state index in [1.54, 1.807) is 36.4 Å². The number of nitro groups is 1. The molecule has 0 heterocycles. The number of aliphatic hydroxyl groups is 1. The van der Waals surface area contributed by atoms with Gasteiger partial charge in [-0.15, -0.1) is 0 Å². The van der Waals surface area contributed by atoms with E-state index >= 15 is 0 Å². The number of rotatable bonds is 8. The molecule has 2 atom stereocenters. The van der Waals surface area contributed by atoms with Crippen LogP contribution in [0.25, 0.3) is 0 Å². The molecule has 0 bridgehead atoms. The summed E-state index contributed by atoms with van der Waals surface area (Å²) in [5.74, 6) is -0.0584. The van der Waals surface area contributed by atoms with Gasteiger partial charge in [-0.05, 0) is 11.6 Å². The number of nitro benzene ring substituents is 1. The second-order valence-electron chi connectivity index (χ2n) is 5.20. The van der Waals surface area contributed by atoms with Gasteiger partial charge in [0.05, 0.1) is 17.8 Å². The Morgan fingerprint density at radius 3 is 2.28 bits per heavy atom. The third kappa shape index (κ3) is 5.24. The summed E-state index contributed by atoms with van der Waals surface area (Å²) in [6, 6.07) is 14.1. The lowest BCUT2D eigenvalue weighted by atomic mass is 10.0. The van der Waals surface area contributed by atoms with Crippen LogP contribution in [0.15, 0.2) is 54.6 Å². The topological polar surface area (TPSA) is 116 Å².